The van der Waals surface area contributed by atoms with Gasteiger partial charge in [0.05, 0.1) is 13.1 Å². The van der Waals surface area contributed by atoms with Gasteiger partial charge in [-0.25, -0.2) is 4.39 Å². The van der Waals surface area contributed by atoms with Crippen molar-refractivity contribution in [1.29, 1.82) is 0 Å². The first kappa shape index (κ1) is 9.05. The van der Waals surface area contributed by atoms with E-state index in [2.05, 4.69) is 5.92 Å². The molecule has 0 spiro atoms. The summed E-state index contributed by atoms with van der Waals surface area (Å²) in [4.78, 5) is 12.6. The van der Waals surface area contributed by atoms with Crippen LogP contribution in [-0.4, -0.2) is 29.6 Å². The molecule has 1 saturated heterocycles. The second kappa shape index (κ2) is 3.14. The number of rotatable bonds is 2. The summed E-state index contributed by atoms with van der Waals surface area (Å²) < 4.78 is 12.9. The summed E-state index contributed by atoms with van der Waals surface area (Å²) in [6, 6.07) is 0. The van der Waals surface area contributed by atoms with E-state index in [0.29, 0.717) is 12.8 Å². The minimum absolute atomic E-state index is 0.0388. The average molecular weight is 169 g/mol. The number of hydrogen-bond donors (Lipinski definition) is 0. The molecule has 1 fully saturated rings. The summed E-state index contributed by atoms with van der Waals surface area (Å²) in [5.74, 6) is 2.34. The van der Waals surface area contributed by atoms with Gasteiger partial charge in [0, 0.05) is 12.8 Å². The summed E-state index contributed by atoms with van der Waals surface area (Å²) in [6.45, 7) is 1.94. The zero-order valence-electron chi connectivity index (χ0n) is 7.14. The van der Waals surface area contributed by atoms with Gasteiger partial charge in [-0.1, -0.05) is 0 Å². The maximum absolute atomic E-state index is 12.9. The van der Waals surface area contributed by atoms with Gasteiger partial charge in [0.25, 0.3) is 0 Å². The third-order valence-electron chi connectivity index (χ3n) is 1.88. The topological polar surface area (TPSA) is 20.3 Å². The molecule has 0 N–H and O–H groups in total. The van der Waals surface area contributed by atoms with Gasteiger partial charge < -0.3 is 4.90 Å². The van der Waals surface area contributed by atoms with Crippen molar-refractivity contribution in [2.45, 2.75) is 25.4 Å². The van der Waals surface area contributed by atoms with Crippen molar-refractivity contribution >= 4 is 5.91 Å². The smallest absolute Gasteiger partial charge is 0.223 e. The monoisotopic (exact) mass is 169 g/mol. The molecule has 2 nitrogen and oxygen atoms in total. The Bertz CT molecular complexity index is 221. The van der Waals surface area contributed by atoms with Gasteiger partial charge in [0.15, 0.2) is 0 Å². The SMILES string of the molecule is C#CCCC(=O)N1CC(C)(F)C1. The Balaban J connectivity index is 2.25. The molecule has 12 heavy (non-hydrogen) atoms. The van der Waals surface area contributed by atoms with Crippen molar-refractivity contribution < 1.29 is 9.18 Å². The minimum atomic E-state index is -1.17. The summed E-state index contributed by atoms with van der Waals surface area (Å²) in [5, 5.41) is 0. The van der Waals surface area contributed by atoms with Crippen LogP contribution >= 0.6 is 0 Å². The fourth-order valence-corrected chi connectivity index (χ4v) is 1.26. The van der Waals surface area contributed by atoms with Crippen LogP contribution in [0, 0.1) is 12.3 Å². The van der Waals surface area contributed by atoms with Crippen molar-refractivity contribution in [1.82, 2.24) is 4.90 Å². The van der Waals surface area contributed by atoms with Gasteiger partial charge in [-0.3, -0.25) is 4.79 Å². The first-order valence-electron chi connectivity index (χ1n) is 3.95. The average Bonchev–Trinajstić information content (AvgIpc) is 1.95. The van der Waals surface area contributed by atoms with Crippen LogP contribution < -0.4 is 0 Å². The highest BCUT2D eigenvalue weighted by molar-refractivity contribution is 5.77. The highest BCUT2D eigenvalue weighted by atomic mass is 19.1. The Morgan fingerprint density at radius 2 is 2.33 bits per heavy atom. The van der Waals surface area contributed by atoms with Crippen molar-refractivity contribution in [3.05, 3.63) is 0 Å². The molecule has 1 aliphatic heterocycles. The number of nitrogens with zero attached hydrogens (tertiary/aromatic N) is 1. The van der Waals surface area contributed by atoms with E-state index in [4.69, 9.17) is 6.42 Å². The molecule has 0 saturated carbocycles. The minimum Gasteiger partial charge on any atom is -0.336 e. The maximum Gasteiger partial charge on any atom is 0.223 e. The van der Waals surface area contributed by atoms with Crippen LogP contribution in [0.1, 0.15) is 19.8 Å². The van der Waals surface area contributed by atoms with E-state index in [1.807, 2.05) is 0 Å². The van der Waals surface area contributed by atoms with E-state index in [0.717, 1.165) is 0 Å². The molecule has 0 aromatic rings. The van der Waals surface area contributed by atoms with Crippen molar-refractivity contribution in [3.8, 4) is 12.3 Å². The lowest BCUT2D eigenvalue weighted by Gasteiger charge is -2.42. The van der Waals surface area contributed by atoms with E-state index >= 15 is 0 Å². The van der Waals surface area contributed by atoms with E-state index in [9.17, 15) is 9.18 Å². The van der Waals surface area contributed by atoms with Crippen LogP contribution in [-0.2, 0) is 4.79 Å². The van der Waals surface area contributed by atoms with E-state index < -0.39 is 5.67 Å². The molecule has 1 rings (SSSR count). The highest BCUT2D eigenvalue weighted by Gasteiger charge is 2.40. The van der Waals surface area contributed by atoms with Gasteiger partial charge in [-0.2, -0.15) is 0 Å². The Kier molecular flexibility index (Phi) is 2.37. The number of likely N-dealkylation sites (tertiary alicyclic amines) is 1. The zero-order chi connectivity index (χ0) is 9.19. The molecule has 0 aromatic carbocycles. The van der Waals surface area contributed by atoms with E-state index in [-0.39, 0.29) is 19.0 Å². The molecule has 3 heteroatoms. The first-order chi connectivity index (χ1) is 5.55. The van der Waals surface area contributed by atoms with Crippen LogP contribution in [0.2, 0.25) is 0 Å². The molecule has 66 valence electrons. The lowest BCUT2D eigenvalue weighted by atomic mass is 9.98. The third kappa shape index (κ3) is 1.97. The fourth-order valence-electron chi connectivity index (χ4n) is 1.26. The molecule has 0 unspecified atom stereocenters. The van der Waals surface area contributed by atoms with E-state index in [1.165, 1.54) is 11.8 Å². The van der Waals surface area contributed by atoms with Gasteiger partial charge in [-0.15, -0.1) is 12.3 Å². The molecular formula is C9H12FNO. The second-order valence-corrected chi connectivity index (χ2v) is 3.37. The Hall–Kier alpha value is -1.04. The van der Waals surface area contributed by atoms with Crippen LogP contribution in [0.15, 0.2) is 0 Å². The van der Waals surface area contributed by atoms with Crippen LogP contribution in [0.5, 0.6) is 0 Å². The standard InChI is InChI=1S/C9H12FNO/c1-3-4-5-8(12)11-6-9(2,10)7-11/h1H,4-7H2,2H3. The number of carbonyl (C=O) groups is 1. The molecule has 0 bridgehead atoms. The molecule has 0 atom stereocenters. The van der Waals surface area contributed by atoms with Gasteiger partial charge >= 0.3 is 0 Å². The Labute approximate surface area is 71.7 Å². The lowest BCUT2D eigenvalue weighted by molar-refractivity contribution is -0.143. The lowest BCUT2D eigenvalue weighted by Crippen LogP contribution is -2.59. The van der Waals surface area contributed by atoms with Crippen molar-refractivity contribution in [3.63, 3.8) is 0 Å². The molecule has 0 aromatic heterocycles. The normalized spacial score (nSPS) is 19.6. The van der Waals surface area contributed by atoms with Crippen LogP contribution in [0.25, 0.3) is 0 Å². The fraction of sp³-hybridized carbons (Fsp3) is 0.667. The number of alkyl halides is 1. The second-order valence-electron chi connectivity index (χ2n) is 3.37. The largest absolute Gasteiger partial charge is 0.336 e. The number of halogens is 1. The van der Waals surface area contributed by atoms with Gasteiger partial charge in [-0.05, 0) is 6.92 Å². The summed E-state index contributed by atoms with van der Waals surface area (Å²) >= 11 is 0. The van der Waals surface area contributed by atoms with Gasteiger partial charge in [0.2, 0.25) is 5.91 Å². The van der Waals surface area contributed by atoms with Crippen molar-refractivity contribution in [2.75, 3.05) is 13.1 Å². The van der Waals surface area contributed by atoms with Crippen LogP contribution in [0.3, 0.4) is 0 Å². The number of amides is 1. The third-order valence-corrected chi connectivity index (χ3v) is 1.88. The van der Waals surface area contributed by atoms with Crippen molar-refractivity contribution in [2.24, 2.45) is 0 Å². The predicted octanol–water partition coefficient (Wildman–Crippen LogP) is 0.970. The number of hydrogen-bond acceptors (Lipinski definition) is 1. The van der Waals surface area contributed by atoms with Crippen LogP contribution in [0.4, 0.5) is 4.39 Å². The summed E-state index contributed by atoms with van der Waals surface area (Å²) in [6.07, 6.45) is 5.78. The first-order valence-corrected chi connectivity index (χ1v) is 3.95. The Morgan fingerprint density at radius 3 is 2.75 bits per heavy atom. The number of terminal acetylenes is 1. The Morgan fingerprint density at radius 1 is 1.75 bits per heavy atom. The molecule has 1 amide bonds. The highest BCUT2D eigenvalue weighted by Crippen LogP contribution is 2.24. The maximum atomic E-state index is 12.9. The molecule has 1 aliphatic rings. The molecule has 0 radical (unpaired) electrons. The van der Waals surface area contributed by atoms with Gasteiger partial charge in [0.1, 0.15) is 5.67 Å². The quantitative estimate of drug-likeness (QED) is 0.564. The number of carbonyl (C=O) groups excluding carboxylic acids is 1. The molecule has 0 aliphatic carbocycles. The summed E-state index contributed by atoms with van der Waals surface area (Å²) in [7, 11) is 0. The predicted molar refractivity (Wildman–Crippen MR) is 44.2 cm³/mol. The van der Waals surface area contributed by atoms with E-state index in [1.54, 1.807) is 0 Å². The summed E-state index contributed by atoms with van der Waals surface area (Å²) in [5.41, 5.74) is -1.17. The molecular weight excluding hydrogens is 157 g/mol. The zero-order valence-corrected chi connectivity index (χ0v) is 7.14. The molecule has 1 heterocycles.